The number of nitrogens with one attached hydrogen (secondary N) is 2. The Hall–Kier alpha value is -1.35. The van der Waals surface area contributed by atoms with Crippen LogP contribution in [-0.2, 0) is 4.79 Å². The molecule has 0 aromatic carbocycles. The number of thioether (sulfide) groups is 1. The zero-order chi connectivity index (χ0) is 16.7. The smallest absolute Gasteiger partial charge is 0.321 e. The number of rotatable bonds is 4. The fourth-order valence-electron chi connectivity index (χ4n) is 5.10. The highest BCUT2D eigenvalue weighted by molar-refractivity contribution is 8.01. The highest BCUT2D eigenvalue weighted by atomic mass is 32.2. The first kappa shape index (κ1) is 16.1. The first-order chi connectivity index (χ1) is 11.5. The maximum absolute atomic E-state index is 12.3. The van der Waals surface area contributed by atoms with Crippen molar-refractivity contribution >= 4 is 40.2 Å². The van der Waals surface area contributed by atoms with Crippen LogP contribution in [0.4, 0.5) is 9.93 Å². The summed E-state index contributed by atoms with van der Waals surface area (Å²) in [5.74, 6) is 2.07. The molecule has 3 amide bonds. The number of aromatic nitrogens is 2. The van der Waals surface area contributed by atoms with E-state index in [1.54, 1.807) is 0 Å². The molecule has 0 radical (unpaired) electrons. The molecule has 24 heavy (non-hydrogen) atoms. The molecule has 1 aromatic rings. The number of hydrogen-bond donors (Lipinski definition) is 3. The second kappa shape index (κ2) is 6.18. The minimum atomic E-state index is -0.362. The molecule has 0 spiro atoms. The number of hydrogen-bond acceptors (Lipinski definition) is 7. The van der Waals surface area contributed by atoms with Crippen molar-refractivity contribution in [3.8, 4) is 0 Å². The van der Waals surface area contributed by atoms with Gasteiger partial charge in [-0.25, -0.2) is 4.79 Å². The fourth-order valence-corrected chi connectivity index (χ4v) is 6.54. The molecule has 130 valence electrons. The van der Waals surface area contributed by atoms with Gasteiger partial charge in [0.15, 0.2) is 4.34 Å². The first-order valence-electron chi connectivity index (χ1n) is 8.33. The van der Waals surface area contributed by atoms with Crippen molar-refractivity contribution in [2.75, 3.05) is 11.5 Å². The SMILES string of the molecule is Nc1nnc(SCC(=O)NC(=O)NC23CC4CC(CC(C4)C2)C3)s1. The Morgan fingerprint density at radius 3 is 2.33 bits per heavy atom. The molecule has 1 heterocycles. The predicted octanol–water partition coefficient (Wildman–Crippen LogP) is 2.01. The van der Waals surface area contributed by atoms with Crippen LogP contribution in [0.5, 0.6) is 0 Å². The highest BCUT2D eigenvalue weighted by Gasteiger charge is 2.51. The molecular weight excluding hydrogens is 346 g/mol. The van der Waals surface area contributed by atoms with E-state index in [1.807, 2.05) is 0 Å². The van der Waals surface area contributed by atoms with Gasteiger partial charge >= 0.3 is 6.03 Å². The quantitative estimate of drug-likeness (QED) is 0.702. The number of carbonyl (C=O) groups excluding carboxylic acids is 2. The van der Waals surface area contributed by atoms with Crippen LogP contribution < -0.4 is 16.4 Å². The number of imide groups is 1. The van der Waals surface area contributed by atoms with Crippen molar-refractivity contribution in [1.29, 1.82) is 0 Å². The van der Waals surface area contributed by atoms with Gasteiger partial charge in [0.2, 0.25) is 11.0 Å². The van der Waals surface area contributed by atoms with E-state index in [0.717, 1.165) is 37.0 Å². The van der Waals surface area contributed by atoms with Gasteiger partial charge in [0, 0.05) is 5.54 Å². The number of nitrogens with two attached hydrogens (primary N) is 1. The minimum absolute atomic E-state index is 0.0834. The van der Waals surface area contributed by atoms with Crippen molar-refractivity contribution in [1.82, 2.24) is 20.8 Å². The van der Waals surface area contributed by atoms with Gasteiger partial charge in [-0.3, -0.25) is 10.1 Å². The Kier molecular flexibility index (Phi) is 4.16. The molecule has 4 saturated carbocycles. The van der Waals surface area contributed by atoms with Gasteiger partial charge in [-0.05, 0) is 56.3 Å². The molecule has 4 aliphatic rings. The number of carbonyl (C=O) groups is 2. The lowest BCUT2D eigenvalue weighted by Gasteiger charge is -2.56. The molecule has 4 bridgehead atoms. The summed E-state index contributed by atoms with van der Waals surface area (Å²) >= 11 is 2.47. The summed E-state index contributed by atoms with van der Waals surface area (Å²) in [4.78, 5) is 24.2. The molecule has 7 nitrogen and oxygen atoms in total. The summed E-state index contributed by atoms with van der Waals surface area (Å²) in [5.41, 5.74) is 5.41. The second-order valence-corrected chi connectivity index (χ2v) is 9.63. The lowest BCUT2D eigenvalue weighted by atomic mass is 9.53. The normalized spacial score (nSPS) is 33.4. The van der Waals surface area contributed by atoms with Gasteiger partial charge in [0.25, 0.3) is 0 Å². The molecule has 4 N–H and O–H groups in total. The Balaban J connectivity index is 1.28. The number of urea groups is 1. The van der Waals surface area contributed by atoms with E-state index in [0.29, 0.717) is 9.47 Å². The molecule has 5 rings (SSSR count). The average Bonchev–Trinajstić information content (AvgIpc) is 2.88. The summed E-state index contributed by atoms with van der Waals surface area (Å²) < 4.78 is 0.629. The zero-order valence-electron chi connectivity index (χ0n) is 13.3. The van der Waals surface area contributed by atoms with Crippen LogP contribution in [0, 0.1) is 17.8 Å². The molecule has 1 aromatic heterocycles. The Morgan fingerprint density at radius 1 is 1.17 bits per heavy atom. The summed E-state index contributed by atoms with van der Waals surface area (Å²) in [5, 5.41) is 13.5. The number of nitrogens with zero attached hydrogens (tertiary/aromatic N) is 2. The molecule has 0 unspecified atom stereocenters. The van der Waals surface area contributed by atoms with Crippen LogP contribution in [-0.4, -0.2) is 33.4 Å². The molecule has 0 atom stereocenters. The molecule has 9 heteroatoms. The van der Waals surface area contributed by atoms with Crippen molar-refractivity contribution in [3.63, 3.8) is 0 Å². The van der Waals surface area contributed by atoms with E-state index in [9.17, 15) is 9.59 Å². The summed E-state index contributed by atoms with van der Waals surface area (Å²) in [7, 11) is 0. The minimum Gasteiger partial charge on any atom is -0.374 e. The molecule has 4 aliphatic carbocycles. The Bertz CT molecular complexity index is 627. The number of amides is 3. The number of nitrogen functional groups attached to an aromatic ring is 1. The maximum Gasteiger partial charge on any atom is 0.321 e. The summed E-state index contributed by atoms with van der Waals surface area (Å²) in [6.07, 6.45) is 7.17. The van der Waals surface area contributed by atoms with Crippen LogP contribution in [0.15, 0.2) is 4.34 Å². The second-order valence-electron chi connectivity index (χ2n) is 7.40. The van der Waals surface area contributed by atoms with Crippen LogP contribution in [0.1, 0.15) is 38.5 Å². The molecule has 4 fully saturated rings. The van der Waals surface area contributed by atoms with E-state index in [2.05, 4.69) is 20.8 Å². The monoisotopic (exact) mass is 367 g/mol. The zero-order valence-corrected chi connectivity index (χ0v) is 14.9. The van der Waals surface area contributed by atoms with Crippen molar-refractivity contribution in [2.45, 2.75) is 48.4 Å². The first-order valence-corrected chi connectivity index (χ1v) is 10.1. The molecular formula is C15H21N5O2S2. The Labute approximate surface area is 148 Å². The number of anilines is 1. The summed E-state index contributed by atoms with van der Waals surface area (Å²) in [6, 6.07) is -0.362. The average molecular weight is 368 g/mol. The van der Waals surface area contributed by atoms with Crippen molar-refractivity contribution in [3.05, 3.63) is 0 Å². The van der Waals surface area contributed by atoms with E-state index in [4.69, 9.17) is 5.73 Å². The largest absolute Gasteiger partial charge is 0.374 e. The highest BCUT2D eigenvalue weighted by Crippen LogP contribution is 2.55. The third kappa shape index (κ3) is 3.37. The van der Waals surface area contributed by atoms with E-state index >= 15 is 0 Å². The van der Waals surface area contributed by atoms with Gasteiger partial charge in [0.1, 0.15) is 0 Å². The van der Waals surface area contributed by atoms with Crippen LogP contribution in [0.2, 0.25) is 0 Å². The standard InChI is InChI=1S/C15H21N5O2S2/c16-12-19-20-14(24-12)23-7-11(21)17-13(22)18-15-4-8-1-9(5-15)3-10(2-8)6-15/h8-10H,1-7H2,(H2,16,19)(H2,17,18,21,22). The van der Waals surface area contributed by atoms with Gasteiger partial charge in [-0.1, -0.05) is 23.1 Å². The van der Waals surface area contributed by atoms with E-state index < -0.39 is 0 Å². The van der Waals surface area contributed by atoms with E-state index in [1.165, 1.54) is 42.4 Å². The van der Waals surface area contributed by atoms with Crippen LogP contribution in [0.3, 0.4) is 0 Å². The van der Waals surface area contributed by atoms with Crippen LogP contribution in [0.25, 0.3) is 0 Å². The van der Waals surface area contributed by atoms with Crippen LogP contribution >= 0.6 is 23.1 Å². The van der Waals surface area contributed by atoms with Gasteiger partial charge < -0.3 is 11.1 Å². The van der Waals surface area contributed by atoms with Gasteiger partial charge in [-0.2, -0.15) is 0 Å². The van der Waals surface area contributed by atoms with Gasteiger partial charge in [-0.15, -0.1) is 10.2 Å². The lowest BCUT2D eigenvalue weighted by molar-refractivity contribution is -0.117. The fraction of sp³-hybridized carbons (Fsp3) is 0.733. The predicted molar refractivity (Wildman–Crippen MR) is 92.6 cm³/mol. The van der Waals surface area contributed by atoms with E-state index in [-0.39, 0.29) is 23.2 Å². The van der Waals surface area contributed by atoms with Crippen molar-refractivity contribution < 1.29 is 9.59 Å². The third-order valence-corrected chi connectivity index (χ3v) is 7.30. The maximum atomic E-state index is 12.3. The lowest BCUT2D eigenvalue weighted by Crippen LogP contribution is -2.61. The molecule has 0 aliphatic heterocycles. The topological polar surface area (TPSA) is 110 Å². The summed E-state index contributed by atoms with van der Waals surface area (Å²) in [6.45, 7) is 0. The van der Waals surface area contributed by atoms with Gasteiger partial charge in [0.05, 0.1) is 5.75 Å². The Morgan fingerprint density at radius 2 is 1.79 bits per heavy atom. The third-order valence-electron chi connectivity index (χ3n) is 5.42. The molecule has 0 saturated heterocycles. The van der Waals surface area contributed by atoms with Crippen molar-refractivity contribution in [2.24, 2.45) is 17.8 Å².